The molecule has 0 spiro atoms. The molecule has 136 valence electrons. The minimum Gasteiger partial charge on any atom is -0.497 e. The van der Waals surface area contributed by atoms with Crippen molar-refractivity contribution in [3.63, 3.8) is 0 Å². The van der Waals surface area contributed by atoms with Crippen molar-refractivity contribution in [1.82, 2.24) is 25.3 Å². The van der Waals surface area contributed by atoms with Gasteiger partial charge in [0.1, 0.15) is 5.75 Å². The zero-order valence-electron chi connectivity index (χ0n) is 14.7. The predicted molar refractivity (Wildman–Crippen MR) is 100 cm³/mol. The Morgan fingerprint density at radius 1 is 1.38 bits per heavy atom. The highest BCUT2D eigenvalue weighted by Gasteiger charge is 2.23. The van der Waals surface area contributed by atoms with Gasteiger partial charge in [0.2, 0.25) is 0 Å². The minimum atomic E-state index is -0.284. The molecule has 1 saturated heterocycles. The monoisotopic (exact) mass is 372 g/mol. The fourth-order valence-corrected chi connectivity index (χ4v) is 4.08. The molecule has 1 fully saturated rings. The first-order valence-electron chi connectivity index (χ1n) is 8.54. The maximum atomic E-state index is 12.6. The van der Waals surface area contributed by atoms with Gasteiger partial charge in [0, 0.05) is 0 Å². The molecule has 0 aliphatic carbocycles. The second-order valence-corrected chi connectivity index (χ2v) is 7.29. The number of amides is 1. The number of rotatable bonds is 4. The van der Waals surface area contributed by atoms with E-state index >= 15 is 0 Å². The van der Waals surface area contributed by atoms with Crippen molar-refractivity contribution in [2.75, 3.05) is 25.5 Å². The number of carbonyl (C=O) groups excluding carboxylic acids is 1. The summed E-state index contributed by atoms with van der Waals surface area (Å²) in [5.74, 6) is 0.480. The Kier molecular flexibility index (Phi) is 4.56. The maximum absolute atomic E-state index is 12.6. The molecule has 4 rings (SSSR count). The predicted octanol–water partition coefficient (Wildman–Crippen LogP) is 2.38. The van der Waals surface area contributed by atoms with Gasteiger partial charge in [-0.3, -0.25) is 10.1 Å². The molecule has 3 heterocycles. The molecule has 2 aromatic heterocycles. The zero-order valence-corrected chi connectivity index (χ0v) is 15.5. The van der Waals surface area contributed by atoms with E-state index in [1.807, 2.05) is 29.8 Å². The Morgan fingerprint density at radius 2 is 2.19 bits per heavy atom. The minimum absolute atomic E-state index is 0.284. The number of fused-ring (bicyclic) bond motifs is 1. The van der Waals surface area contributed by atoms with E-state index in [0.717, 1.165) is 47.6 Å². The van der Waals surface area contributed by atoms with E-state index in [1.165, 1.54) is 11.3 Å². The third-order valence-corrected chi connectivity index (χ3v) is 5.55. The van der Waals surface area contributed by atoms with Gasteiger partial charge >= 0.3 is 0 Å². The summed E-state index contributed by atoms with van der Waals surface area (Å²) in [6.07, 6.45) is 1.98. The largest absolute Gasteiger partial charge is 0.497 e. The van der Waals surface area contributed by atoms with Crippen LogP contribution in [-0.4, -0.2) is 46.1 Å². The lowest BCUT2D eigenvalue weighted by Crippen LogP contribution is -2.30. The summed E-state index contributed by atoms with van der Waals surface area (Å²) >= 11 is 1.40. The van der Waals surface area contributed by atoms with Crippen LogP contribution in [0.5, 0.6) is 5.75 Å². The number of hydrogen-bond donors (Lipinski definition) is 2. The molecule has 0 radical (unpaired) electrons. The smallest absolute Gasteiger partial charge is 0.279 e. The maximum Gasteiger partial charge on any atom is 0.279 e. The number of nitrogens with one attached hydrogen (secondary N) is 2. The Hall–Kier alpha value is -2.52. The molecule has 9 heteroatoms. The van der Waals surface area contributed by atoms with Gasteiger partial charge in [-0.2, -0.15) is 0 Å². The van der Waals surface area contributed by atoms with Crippen molar-refractivity contribution >= 4 is 32.6 Å². The Morgan fingerprint density at radius 3 is 2.96 bits per heavy atom. The Labute approximate surface area is 154 Å². The van der Waals surface area contributed by atoms with Crippen LogP contribution in [0, 0.1) is 6.92 Å². The number of ether oxygens (including phenoxy) is 1. The van der Waals surface area contributed by atoms with Gasteiger partial charge in [0.15, 0.2) is 10.8 Å². The van der Waals surface area contributed by atoms with Crippen LogP contribution in [0.15, 0.2) is 18.2 Å². The van der Waals surface area contributed by atoms with E-state index in [9.17, 15) is 4.79 Å². The topological polar surface area (TPSA) is 94.0 Å². The summed E-state index contributed by atoms with van der Waals surface area (Å²) in [7, 11) is 1.62. The highest BCUT2D eigenvalue weighted by Crippen LogP contribution is 2.29. The van der Waals surface area contributed by atoms with E-state index in [4.69, 9.17) is 4.74 Å². The highest BCUT2D eigenvalue weighted by molar-refractivity contribution is 7.22. The molecule has 0 unspecified atom stereocenters. The molecule has 1 aliphatic rings. The van der Waals surface area contributed by atoms with Crippen LogP contribution in [0.1, 0.15) is 35.1 Å². The average Bonchev–Trinajstić information content (AvgIpc) is 3.24. The number of thiazole rings is 1. The lowest BCUT2D eigenvalue weighted by molar-refractivity contribution is 0.102. The van der Waals surface area contributed by atoms with Crippen LogP contribution in [-0.2, 0) is 0 Å². The molecule has 0 bridgehead atoms. The second kappa shape index (κ2) is 7.00. The van der Waals surface area contributed by atoms with Crippen LogP contribution >= 0.6 is 11.3 Å². The van der Waals surface area contributed by atoms with Gasteiger partial charge < -0.3 is 10.1 Å². The fraction of sp³-hybridized carbons (Fsp3) is 0.412. The second-order valence-electron chi connectivity index (χ2n) is 6.26. The van der Waals surface area contributed by atoms with E-state index in [1.54, 1.807) is 7.11 Å². The summed E-state index contributed by atoms with van der Waals surface area (Å²) in [6.45, 7) is 3.81. The number of carbonyl (C=O) groups is 1. The van der Waals surface area contributed by atoms with Crippen LogP contribution in [0.3, 0.4) is 0 Å². The number of piperidine rings is 1. The van der Waals surface area contributed by atoms with Crippen LogP contribution in [0.4, 0.5) is 5.13 Å². The normalized spacial score (nSPS) is 15.3. The SMILES string of the molecule is COc1ccc2nc(NC(=O)c3nnn(C4CCNCC4)c3C)sc2c1. The summed E-state index contributed by atoms with van der Waals surface area (Å²) in [4.78, 5) is 17.1. The quantitative estimate of drug-likeness (QED) is 0.730. The standard InChI is InChI=1S/C17H20N6O2S/c1-10-15(21-22-23(10)11-5-7-18-8-6-11)16(24)20-17-19-13-4-3-12(25-2)9-14(13)26-17/h3-4,9,11,18H,5-8H2,1-2H3,(H,19,20,24). The van der Waals surface area contributed by atoms with Crippen molar-refractivity contribution in [2.24, 2.45) is 0 Å². The number of methoxy groups -OCH3 is 1. The van der Waals surface area contributed by atoms with Crippen LogP contribution in [0.2, 0.25) is 0 Å². The first-order valence-corrected chi connectivity index (χ1v) is 9.36. The third kappa shape index (κ3) is 3.15. The molecule has 1 aliphatic heterocycles. The molecular formula is C17H20N6O2S. The summed E-state index contributed by atoms with van der Waals surface area (Å²) in [5, 5.41) is 15.0. The van der Waals surface area contributed by atoms with Crippen LogP contribution < -0.4 is 15.4 Å². The summed E-state index contributed by atoms with van der Waals surface area (Å²) in [5.41, 5.74) is 1.96. The van der Waals surface area contributed by atoms with E-state index in [0.29, 0.717) is 16.9 Å². The van der Waals surface area contributed by atoms with E-state index in [-0.39, 0.29) is 5.91 Å². The number of anilines is 1. The molecule has 0 atom stereocenters. The number of hydrogen-bond acceptors (Lipinski definition) is 7. The van der Waals surface area contributed by atoms with Crippen LogP contribution in [0.25, 0.3) is 10.2 Å². The zero-order chi connectivity index (χ0) is 18.1. The lowest BCUT2D eigenvalue weighted by atomic mass is 10.1. The van der Waals surface area contributed by atoms with Crippen molar-refractivity contribution in [3.05, 3.63) is 29.6 Å². The van der Waals surface area contributed by atoms with Gasteiger partial charge in [0.25, 0.3) is 5.91 Å². The summed E-state index contributed by atoms with van der Waals surface area (Å²) in [6, 6.07) is 5.92. The van der Waals surface area contributed by atoms with E-state index in [2.05, 4.69) is 25.9 Å². The Balaban J connectivity index is 1.54. The number of nitrogens with zero attached hydrogens (tertiary/aromatic N) is 4. The number of benzene rings is 1. The molecule has 26 heavy (non-hydrogen) atoms. The molecule has 8 nitrogen and oxygen atoms in total. The third-order valence-electron chi connectivity index (χ3n) is 4.61. The van der Waals surface area contributed by atoms with Gasteiger partial charge in [0.05, 0.1) is 29.1 Å². The van der Waals surface area contributed by atoms with Crippen molar-refractivity contribution in [3.8, 4) is 5.75 Å². The molecule has 1 amide bonds. The molecule has 1 aromatic carbocycles. The lowest BCUT2D eigenvalue weighted by Gasteiger charge is -2.23. The van der Waals surface area contributed by atoms with E-state index < -0.39 is 0 Å². The first kappa shape index (κ1) is 16.9. The molecular weight excluding hydrogens is 352 g/mol. The first-order chi connectivity index (χ1) is 12.7. The van der Waals surface area contributed by atoms with Gasteiger partial charge in [-0.25, -0.2) is 9.67 Å². The van der Waals surface area contributed by atoms with Crippen molar-refractivity contribution in [1.29, 1.82) is 0 Å². The Bertz CT molecular complexity index is 944. The highest BCUT2D eigenvalue weighted by atomic mass is 32.1. The average molecular weight is 372 g/mol. The van der Waals surface area contributed by atoms with Gasteiger partial charge in [-0.15, -0.1) is 5.10 Å². The molecule has 0 saturated carbocycles. The fourth-order valence-electron chi connectivity index (χ4n) is 3.19. The number of aromatic nitrogens is 4. The van der Waals surface area contributed by atoms with Gasteiger partial charge in [-0.1, -0.05) is 16.6 Å². The summed E-state index contributed by atoms with van der Waals surface area (Å²) < 4.78 is 8.05. The van der Waals surface area contributed by atoms with Gasteiger partial charge in [-0.05, 0) is 51.1 Å². The molecule has 3 aromatic rings. The molecule has 2 N–H and O–H groups in total. The van der Waals surface area contributed by atoms with Crippen molar-refractivity contribution < 1.29 is 9.53 Å². The van der Waals surface area contributed by atoms with Crippen molar-refractivity contribution in [2.45, 2.75) is 25.8 Å².